The fourth-order valence-electron chi connectivity index (χ4n) is 0.637. The molecule has 0 aliphatic rings. The minimum Gasteiger partial charge on any atom is -0.372 e. The third-order valence-electron chi connectivity index (χ3n) is 1.16. The van der Waals surface area contributed by atoms with Gasteiger partial charge in [-0.2, -0.15) is 13.2 Å². The first kappa shape index (κ1) is 12.2. The molecule has 2 nitrogen and oxygen atoms in total. The monoisotopic (exact) mass is 196 g/mol. The summed E-state index contributed by atoms with van der Waals surface area (Å²) in [6.45, 7) is 1.84. The second-order valence-corrected chi connectivity index (χ2v) is 2.45. The number of allylic oxidation sites excluding steroid dienone is 1. The fraction of sp³-hybridized carbons (Fsp3) is 0.625. The lowest BCUT2D eigenvalue weighted by atomic mass is 10.2. The number of carbonyl (C=O) groups is 1. The molecule has 0 aromatic heterocycles. The van der Waals surface area contributed by atoms with Gasteiger partial charge in [0.05, 0.1) is 6.61 Å². The predicted molar refractivity (Wildman–Crippen MR) is 41.3 cm³/mol. The molecule has 0 bridgehead atoms. The molecule has 0 rings (SSSR count). The van der Waals surface area contributed by atoms with Gasteiger partial charge in [-0.05, 0) is 0 Å². The Bertz CT molecular complexity index is 175. The zero-order valence-corrected chi connectivity index (χ0v) is 7.06. The minimum absolute atomic E-state index is 0.00208. The second-order valence-electron chi connectivity index (χ2n) is 2.45. The van der Waals surface area contributed by atoms with Gasteiger partial charge in [0.1, 0.15) is 12.4 Å². The zero-order valence-electron chi connectivity index (χ0n) is 7.06. The third-order valence-corrected chi connectivity index (χ3v) is 1.16. The lowest BCUT2D eigenvalue weighted by Crippen LogP contribution is -2.18. The summed E-state index contributed by atoms with van der Waals surface area (Å²) < 4.78 is 38.7. The molecule has 0 aromatic carbocycles. The van der Waals surface area contributed by atoms with Gasteiger partial charge in [-0.1, -0.05) is 6.08 Å². The molecule has 0 spiro atoms. The molecule has 0 saturated heterocycles. The van der Waals surface area contributed by atoms with E-state index in [4.69, 9.17) is 0 Å². The molecule has 0 heterocycles. The summed E-state index contributed by atoms with van der Waals surface area (Å²) in [6.07, 6.45) is -2.73. The maximum atomic E-state index is 11.5. The highest BCUT2D eigenvalue weighted by Gasteiger charge is 2.27. The van der Waals surface area contributed by atoms with Crippen molar-refractivity contribution in [2.24, 2.45) is 0 Å². The van der Waals surface area contributed by atoms with Gasteiger partial charge in [-0.15, -0.1) is 6.58 Å². The van der Waals surface area contributed by atoms with Crippen LogP contribution in [0.25, 0.3) is 0 Å². The van der Waals surface area contributed by atoms with E-state index in [1.54, 1.807) is 0 Å². The van der Waals surface area contributed by atoms with E-state index < -0.39 is 12.8 Å². The first-order valence-corrected chi connectivity index (χ1v) is 3.73. The van der Waals surface area contributed by atoms with Gasteiger partial charge >= 0.3 is 6.18 Å². The Hall–Kier alpha value is -0.840. The van der Waals surface area contributed by atoms with Crippen molar-refractivity contribution in [1.29, 1.82) is 0 Å². The molecular formula is C8H11F3O2. The Kier molecular flexibility index (Phi) is 5.37. The highest BCUT2D eigenvalue weighted by Crippen LogP contribution is 2.14. The number of rotatable bonds is 6. The molecule has 0 fully saturated rings. The maximum absolute atomic E-state index is 11.5. The lowest BCUT2D eigenvalue weighted by Gasteiger charge is -2.06. The van der Waals surface area contributed by atoms with Crippen LogP contribution >= 0.6 is 0 Å². The van der Waals surface area contributed by atoms with Crippen molar-refractivity contribution in [3.05, 3.63) is 12.7 Å². The summed E-state index contributed by atoms with van der Waals surface area (Å²) >= 11 is 0. The van der Waals surface area contributed by atoms with Crippen LogP contribution < -0.4 is 0 Å². The van der Waals surface area contributed by atoms with Crippen LogP contribution in [-0.2, 0) is 9.53 Å². The molecule has 0 aliphatic carbocycles. The topological polar surface area (TPSA) is 26.3 Å². The summed E-state index contributed by atoms with van der Waals surface area (Å²) in [4.78, 5) is 10.7. The standard InChI is InChI=1S/C8H11F3O2/c1-2-3-7(12)4-5-13-6-8(9,10)11/h2H,1,3-6H2. The van der Waals surface area contributed by atoms with Crippen LogP contribution in [-0.4, -0.2) is 25.2 Å². The Balaban J connectivity index is 3.36. The Labute approximate surface area is 74.4 Å². The van der Waals surface area contributed by atoms with E-state index in [1.807, 2.05) is 0 Å². The number of Topliss-reactive ketones (excluding diaryl/α,β-unsaturated/α-hetero) is 1. The van der Waals surface area contributed by atoms with Gasteiger partial charge in [-0.25, -0.2) is 0 Å². The van der Waals surface area contributed by atoms with Crippen molar-refractivity contribution in [3.63, 3.8) is 0 Å². The number of ketones is 1. The molecule has 0 aromatic rings. The largest absolute Gasteiger partial charge is 0.411 e. The first-order valence-electron chi connectivity index (χ1n) is 3.73. The normalized spacial score (nSPS) is 11.3. The third kappa shape index (κ3) is 9.07. The molecule has 0 saturated carbocycles. The van der Waals surface area contributed by atoms with E-state index in [2.05, 4.69) is 11.3 Å². The average molecular weight is 196 g/mol. The van der Waals surface area contributed by atoms with Crippen LogP contribution in [0.2, 0.25) is 0 Å². The molecule has 0 radical (unpaired) electrons. The summed E-state index contributed by atoms with van der Waals surface area (Å²) in [7, 11) is 0. The van der Waals surface area contributed by atoms with Crippen LogP contribution in [0.5, 0.6) is 0 Å². The summed E-state index contributed by atoms with van der Waals surface area (Å²) in [6, 6.07) is 0. The number of alkyl halides is 3. The Morgan fingerprint density at radius 2 is 2.08 bits per heavy atom. The van der Waals surface area contributed by atoms with E-state index in [1.165, 1.54) is 6.08 Å². The maximum Gasteiger partial charge on any atom is 0.411 e. The quantitative estimate of drug-likeness (QED) is 0.480. The fourth-order valence-corrected chi connectivity index (χ4v) is 0.637. The van der Waals surface area contributed by atoms with Crippen LogP contribution in [0.4, 0.5) is 13.2 Å². The van der Waals surface area contributed by atoms with Gasteiger partial charge in [0.2, 0.25) is 0 Å². The van der Waals surface area contributed by atoms with Crippen molar-refractivity contribution >= 4 is 5.78 Å². The molecular weight excluding hydrogens is 185 g/mol. The number of hydrogen-bond donors (Lipinski definition) is 0. The predicted octanol–water partition coefficient (Wildman–Crippen LogP) is 2.10. The molecule has 0 unspecified atom stereocenters. The summed E-state index contributed by atoms with van der Waals surface area (Å²) in [5.41, 5.74) is 0. The van der Waals surface area contributed by atoms with Gasteiger partial charge in [-0.3, -0.25) is 4.79 Å². The summed E-state index contributed by atoms with van der Waals surface area (Å²) in [5.74, 6) is -0.169. The van der Waals surface area contributed by atoms with E-state index in [9.17, 15) is 18.0 Å². The van der Waals surface area contributed by atoms with Gasteiger partial charge in [0, 0.05) is 12.8 Å². The van der Waals surface area contributed by atoms with Crippen molar-refractivity contribution < 1.29 is 22.7 Å². The molecule has 76 valence electrons. The highest BCUT2D eigenvalue weighted by atomic mass is 19.4. The van der Waals surface area contributed by atoms with Crippen LogP contribution in [0.15, 0.2) is 12.7 Å². The Morgan fingerprint density at radius 3 is 2.54 bits per heavy atom. The van der Waals surface area contributed by atoms with Crippen LogP contribution in [0.3, 0.4) is 0 Å². The van der Waals surface area contributed by atoms with Crippen LogP contribution in [0, 0.1) is 0 Å². The first-order chi connectivity index (χ1) is 5.95. The smallest absolute Gasteiger partial charge is 0.372 e. The Morgan fingerprint density at radius 1 is 1.46 bits per heavy atom. The zero-order chi connectivity index (χ0) is 10.3. The van der Waals surface area contributed by atoms with E-state index in [0.29, 0.717) is 0 Å². The number of ether oxygens (including phenoxy) is 1. The van der Waals surface area contributed by atoms with E-state index in [0.717, 1.165) is 0 Å². The molecule has 13 heavy (non-hydrogen) atoms. The van der Waals surface area contributed by atoms with Crippen LogP contribution in [0.1, 0.15) is 12.8 Å². The molecule has 5 heteroatoms. The number of hydrogen-bond acceptors (Lipinski definition) is 2. The van der Waals surface area contributed by atoms with Gasteiger partial charge < -0.3 is 4.74 Å². The molecule has 0 aliphatic heterocycles. The van der Waals surface area contributed by atoms with Gasteiger partial charge in [0.25, 0.3) is 0 Å². The van der Waals surface area contributed by atoms with Crippen molar-refractivity contribution in [3.8, 4) is 0 Å². The van der Waals surface area contributed by atoms with Gasteiger partial charge in [0.15, 0.2) is 0 Å². The molecule has 0 amide bonds. The van der Waals surface area contributed by atoms with Crippen molar-refractivity contribution in [1.82, 2.24) is 0 Å². The summed E-state index contributed by atoms with van der Waals surface area (Å²) in [5, 5.41) is 0. The van der Waals surface area contributed by atoms with E-state index >= 15 is 0 Å². The van der Waals surface area contributed by atoms with Crippen molar-refractivity contribution in [2.45, 2.75) is 19.0 Å². The highest BCUT2D eigenvalue weighted by molar-refractivity contribution is 5.79. The number of carbonyl (C=O) groups excluding carboxylic acids is 1. The number of halogens is 3. The molecule has 0 N–H and O–H groups in total. The van der Waals surface area contributed by atoms with E-state index in [-0.39, 0.29) is 25.2 Å². The second kappa shape index (κ2) is 5.75. The van der Waals surface area contributed by atoms with Crippen molar-refractivity contribution in [2.75, 3.05) is 13.2 Å². The molecule has 0 atom stereocenters. The SMILES string of the molecule is C=CCC(=O)CCOCC(F)(F)F. The minimum atomic E-state index is -4.32. The average Bonchev–Trinajstić information content (AvgIpc) is 1.97. The lowest BCUT2D eigenvalue weighted by molar-refractivity contribution is -0.174.